The summed E-state index contributed by atoms with van der Waals surface area (Å²) in [5, 5.41) is 11.9. The topological polar surface area (TPSA) is 20.2 Å². The second-order valence-electron chi connectivity index (χ2n) is 4.02. The molecule has 0 saturated carbocycles. The van der Waals surface area contributed by atoms with Gasteiger partial charge in [-0.15, -0.1) is 11.3 Å². The summed E-state index contributed by atoms with van der Waals surface area (Å²) in [6, 6.07) is 2.07. The number of hydrogen-bond donors (Lipinski definition) is 1. The molecule has 1 heterocycles. The van der Waals surface area contributed by atoms with Crippen molar-refractivity contribution in [1.29, 1.82) is 0 Å². The van der Waals surface area contributed by atoms with Crippen molar-refractivity contribution in [3.05, 3.63) is 19.9 Å². The second kappa shape index (κ2) is 6.08. The molecule has 0 aliphatic heterocycles. The Morgan fingerprint density at radius 2 is 2.14 bits per heavy atom. The van der Waals surface area contributed by atoms with Gasteiger partial charge >= 0.3 is 0 Å². The predicted octanol–water partition coefficient (Wildman–Crippen LogP) is 4.21. The number of rotatable bonds is 5. The highest BCUT2D eigenvalue weighted by Gasteiger charge is 2.09. The maximum Gasteiger partial charge on any atom is 0.0798 e. The molecule has 80 valence electrons. The van der Waals surface area contributed by atoms with Crippen molar-refractivity contribution in [2.75, 3.05) is 0 Å². The lowest BCUT2D eigenvalue weighted by atomic mass is 10.0. The van der Waals surface area contributed by atoms with E-state index in [1.165, 1.54) is 9.30 Å². The Morgan fingerprint density at radius 3 is 2.64 bits per heavy atom. The van der Waals surface area contributed by atoms with Gasteiger partial charge in [0.05, 0.1) is 8.99 Å². The average Bonchev–Trinajstić information content (AvgIpc) is 2.51. The normalized spacial score (nSPS) is 13.5. The summed E-state index contributed by atoms with van der Waals surface area (Å²) in [6.45, 7) is 4.44. The summed E-state index contributed by atoms with van der Waals surface area (Å²) in [4.78, 5) is 0. The monoisotopic (exact) mass is 324 g/mol. The molecule has 1 aromatic rings. The molecular formula is C11H17IOS. The van der Waals surface area contributed by atoms with Crippen molar-refractivity contribution in [3.8, 4) is 0 Å². The first-order chi connectivity index (χ1) is 6.59. The molecule has 3 heteroatoms. The number of thiophene rings is 1. The minimum absolute atomic E-state index is 0.256. The molecule has 0 aliphatic rings. The van der Waals surface area contributed by atoms with E-state index in [1.54, 1.807) is 11.3 Å². The van der Waals surface area contributed by atoms with E-state index in [0.717, 1.165) is 24.3 Å². The molecule has 1 unspecified atom stereocenters. The van der Waals surface area contributed by atoms with Crippen LogP contribution in [-0.2, 0) is 0 Å². The van der Waals surface area contributed by atoms with Gasteiger partial charge in [0.1, 0.15) is 0 Å². The summed E-state index contributed by atoms with van der Waals surface area (Å²) >= 11 is 3.99. The summed E-state index contributed by atoms with van der Waals surface area (Å²) in [5.74, 6) is 0.741. The Balaban J connectivity index is 2.32. The van der Waals surface area contributed by atoms with E-state index in [4.69, 9.17) is 0 Å². The van der Waals surface area contributed by atoms with E-state index in [1.807, 2.05) is 0 Å². The predicted molar refractivity (Wildman–Crippen MR) is 70.7 cm³/mol. The molecule has 1 nitrogen and oxygen atoms in total. The van der Waals surface area contributed by atoms with Gasteiger partial charge in [-0.05, 0) is 51.9 Å². The third-order valence-electron chi connectivity index (χ3n) is 2.23. The van der Waals surface area contributed by atoms with Crippen LogP contribution >= 0.6 is 33.9 Å². The molecule has 1 N–H and O–H groups in total. The molecule has 0 aliphatic carbocycles. The molecule has 0 aromatic carbocycles. The van der Waals surface area contributed by atoms with Crippen LogP contribution in [0.5, 0.6) is 0 Å². The third kappa shape index (κ3) is 4.28. The number of halogens is 1. The van der Waals surface area contributed by atoms with Gasteiger partial charge < -0.3 is 5.11 Å². The Labute approximate surface area is 104 Å². The lowest BCUT2D eigenvalue weighted by molar-refractivity contribution is 0.162. The van der Waals surface area contributed by atoms with Crippen molar-refractivity contribution in [1.82, 2.24) is 0 Å². The minimum Gasteiger partial charge on any atom is -0.388 e. The zero-order valence-electron chi connectivity index (χ0n) is 8.66. The second-order valence-corrected chi connectivity index (χ2v) is 6.83. The summed E-state index contributed by atoms with van der Waals surface area (Å²) in [5.41, 5.74) is 1.09. The Bertz CT molecular complexity index is 270. The highest BCUT2D eigenvalue weighted by atomic mass is 127. The van der Waals surface area contributed by atoms with Gasteiger partial charge in [0, 0.05) is 0 Å². The fraction of sp³-hybridized carbons (Fsp3) is 0.636. The Kier molecular flexibility index (Phi) is 5.41. The Hall–Kier alpha value is 0.390. The molecule has 0 radical (unpaired) electrons. The van der Waals surface area contributed by atoms with E-state index >= 15 is 0 Å². The van der Waals surface area contributed by atoms with Crippen LogP contribution in [0.15, 0.2) is 11.4 Å². The molecule has 0 saturated heterocycles. The smallest absolute Gasteiger partial charge is 0.0798 e. The van der Waals surface area contributed by atoms with Crippen LogP contribution in [0.4, 0.5) is 0 Å². The lowest BCUT2D eigenvalue weighted by Crippen LogP contribution is -1.97. The van der Waals surface area contributed by atoms with E-state index in [-0.39, 0.29) is 6.10 Å². The van der Waals surface area contributed by atoms with E-state index in [2.05, 4.69) is 47.9 Å². The van der Waals surface area contributed by atoms with Gasteiger partial charge in [-0.3, -0.25) is 0 Å². The molecule has 1 aromatic heterocycles. The van der Waals surface area contributed by atoms with Crippen molar-refractivity contribution < 1.29 is 5.11 Å². The summed E-state index contributed by atoms with van der Waals surface area (Å²) in [7, 11) is 0. The van der Waals surface area contributed by atoms with Gasteiger partial charge in [0.2, 0.25) is 0 Å². The van der Waals surface area contributed by atoms with Crippen LogP contribution in [0, 0.1) is 8.80 Å². The number of aliphatic hydroxyl groups excluding tert-OH is 1. The van der Waals surface area contributed by atoms with E-state index < -0.39 is 0 Å². The zero-order valence-corrected chi connectivity index (χ0v) is 11.6. The molecule has 0 bridgehead atoms. The van der Waals surface area contributed by atoms with Crippen LogP contribution in [0.25, 0.3) is 0 Å². The molecule has 0 fully saturated rings. The molecule has 0 spiro atoms. The molecular weight excluding hydrogens is 307 g/mol. The largest absolute Gasteiger partial charge is 0.388 e. The van der Waals surface area contributed by atoms with Crippen LogP contribution in [0.2, 0.25) is 0 Å². The van der Waals surface area contributed by atoms with Gasteiger partial charge in [0.15, 0.2) is 0 Å². The van der Waals surface area contributed by atoms with Crippen LogP contribution in [0.3, 0.4) is 0 Å². The minimum atomic E-state index is -0.256. The van der Waals surface area contributed by atoms with Crippen molar-refractivity contribution in [2.45, 2.75) is 39.2 Å². The summed E-state index contributed by atoms with van der Waals surface area (Å²) < 4.78 is 1.25. The first-order valence-corrected chi connectivity index (χ1v) is 6.97. The molecule has 0 amide bonds. The van der Waals surface area contributed by atoms with E-state index in [9.17, 15) is 5.11 Å². The molecule has 1 atom stereocenters. The van der Waals surface area contributed by atoms with Crippen molar-refractivity contribution in [2.24, 2.45) is 5.92 Å². The van der Waals surface area contributed by atoms with Gasteiger partial charge in [-0.1, -0.05) is 26.7 Å². The number of aliphatic hydroxyl groups is 1. The SMILES string of the molecule is CC(C)CCCC(O)c1csc(I)c1. The standard InChI is InChI=1S/C11H17IOS/c1-8(2)4-3-5-10(13)9-6-11(12)14-7-9/h6-8,10,13H,3-5H2,1-2H3. The van der Waals surface area contributed by atoms with Crippen LogP contribution in [0.1, 0.15) is 44.8 Å². The van der Waals surface area contributed by atoms with Crippen LogP contribution in [-0.4, -0.2) is 5.11 Å². The lowest BCUT2D eigenvalue weighted by Gasteiger charge is -2.09. The first-order valence-electron chi connectivity index (χ1n) is 5.01. The van der Waals surface area contributed by atoms with E-state index in [0.29, 0.717) is 0 Å². The fourth-order valence-corrected chi connectivity index (χ4v) is 2.80. The van der Waals surface area contributed by atoms with Crippen molar-refractivity contribution >= 4 is 33.9 Å². The van der Waals surface area contributed by atoms with Gasteiger partial charge in [-0.25, -0.2) is 0 Å². The molecule has 14 heavy (non-hydrogen) atoms. The van der Waals surface area contributed by atoms with Crippen LogP contribution < -0.4 is 0 Å². The fourth-order valence-electron chi connectivity index (χ4n) is 1.38. The third-order valence-corrected chi connectivity index (χ3v) is 4.04. The highest BCUT2D eigenvalue weighted by molar-refractivity contribution is 14.1. The maximum atomic E-state index is 9.85. The highest BCUT2D eigenvalue weighted by Crippen LogP contribution is 2.26. The quantitative estimate of drug-likeness (QED) is 0.805. The maximum absolute atomic E-state index is 9.85. The first kappa shape index (κ1) is 12.5. The zero-order chi connectivity index (χ0) is 10.6. The van der Waals surface area contributed by atoms with Gasteiger partial charge in [0.25, 0.3) is 0 Å². The number of hydrogen-bond acceptors (Lipinski definition) is 2. The van der Waals surface area contributed by atoms with Gasteiger partial charge in [-0.2, -0.15) is 0 Å². The molecule has 1 rings (SSSR count). The Morgan fingerprint density at radius 1 is 1.43 bits per heavy atom. The average molecular weight is 324 g/mol. The van der Waals surface area contributed by atoms with Crippen molar-refractivity contribution in [3.63, 3.8) is 0 Å². The summed E-state index contributed by atoms with van der Waals surface area (Å²) in [6.07, 6.45) is 2.96.